The zero-order valence-electron chi connectivity index (χ0n) is 44.7. The molecule has 2 unspecified atom stereocenters. The van der Waals surface area contributed by atoms with Crippen molar-refractivity contribution in [1.29, 1.82) is 0 Å². The first-order chi connectivity index (χ1) is 39.8. The molecule has 3 aliphatic rings. The molecule has 32 nitrogen and oxygen atoms in total. The van der Waals surface area contributed by atoms with E-state index >= 15 is 13.3 Å². The van der Waals surface area contributed by atoms with Gasteiger partial charge >= 0.3 is 14.6 Å². The highest BCUT2D eigenvalue weighted by Crippen LogP contribution is 2.65. The Hall–Kier alpha value is -6.13. The van der Waals surface area contributed by atoms with Gasteiger partial charge in [-0.25, -0.2) is 42.8 Å². The number of hydrogen-bond donors (Lipinski definition) is 6. The highest BCUT2D eigenvalue weighted by atomic mass is 32.7. The third-order valence-corrected chi connectivity index (χ3v) is 17.4. The second-order valence-electron chi connectivity index (χ2n) is 18.9. The van der Waals surface area contributed by atoms with Crippen molar-refractivity contribution >= 4 is 77.6 Å². The van der Waals surface area contributed by atoms with Gasteiger partial charge in [-0.15, -0.1) is 0 Å². The number of hydrogen-bond acceptors (Lipinski definition) is 24. The van der Waals surface area contributed by atoms with Crippen LogP contribution in [0.5, 0.6) is 0 Å². The Morgan fingerprint density at radius 2 is 1.42 bits per heavy atom. The largest absolute Gasteiger partial charge is 0.472 e. The van der Waals surface area contributed by atoms with Crippen molar-refractivity contribution in [1.82, 2.24) is 49.7 Å². The van der Waals surface area contributed by atoms with E-state index in [0.29, 0.717) is 55.7 Å². The van der Waals surface area contributed by atoms with Crippen LogP contribution in [0.15, 0.2) is 59.5 Å². The Labute approximate surface area is 474 Å². The average molecular weight is 1230 g/mol. The molecule has 4 aromatic heterocycles. The monoisotopic (exact) mass is 1230 g/mol. The van der Waals surface area contributed by atoms with E-state index in [9.17, 15) is 28.6 Å². The van der Waals surface area contributed by atoms with E-state index in [1.165, 1.54) is 19.1 Å². The molecule has 5 aromatic rings. The molecule has 12 atom stereocenters. The molecule has 3 amide bonds. The average Bonchev–Trinajstić information content (AvgIpc) is 2.72. The number of carbonyl (C=O) groups excluding carboxylic acids is 3. The van der Waals surface area contributed by atoms with Gasteiger partial charge in [0.05, 0.1) is 85.1 Å². The first kappa shape index (κ1) is 62.9. The van der Waals surface area contributed by atoms with Crippen LogP contribution in [0.1, 0.15) is 45.2 Å². The fourth-order valence-corrected chi connectivity index (χ4v) is 12.9. The lowest BCUT2D eigenvalue weighted by molar-refractivity contribution is -0.132. The number of aromatic nitrogens is 8. The summed E-state index contributed by atoms with van der Waals surface area (Å²) in [7, 11) is -5.26. The maximum atomic E-state index is 16.9. The number of rotatable bonds is 26. The van der Waals surface area contributed by atoms with Crippen molar-refractivity contribution < 1.29 is 83.7 Å². The van der Waals surface area contributed by atoms with E-state index < -0.39 is 112 Å². The SMILES string of the molecule is CC(C)[C@H](NC(=O)CCOCCOCCOCCOCCN=[N+]=[N-])C(=O)N[C@H](C)C(=O)Nc1ccc(CSP2(=O)OC[C@@H]3O[C@H](n4cnc5c(N)ncnc54)[C@@H](F)[C@H]3OP(=O)(O)OC[C@@H]3O[C@H](n4cnc5c(=O)[nH]cnc54)[C@@H](F)[C@H]3O2)cc1. The van der Waals surface area contributed by atoms with Crippen molar-refractivity contribution in [2.45, 2.75) is 94.2 Å². The van der Waals surface area contributed by atoms with Crippen molar-refractivity contribution in [3.63, 3.8) is 0 Å². The van der Waals surface area contributed by atoms with Gasteiger partial charge in [-0.3, -0.25) is 46.4 Å². The first-order valence-corrected chi connectivity index (χ1v) is 30.4. The smallest absolute Gasteiger partial charge is 0.382 e. The van der Waals surface area contributed by atoms with Crippen LogP contribution in [0.25, 0.3) is 32.8 Å². The summed E-state index contributed by atoms with van der Waals surface area (Å²) in [6.45, 7) is 0.939. The zero-order chi connectivity index (χ0) is 59.3. The molecule has 83 heavy (non-hydrogen) atoms. The summed E-state index contributed by atoms with van der Waals surface area (Å²) in [5.41, 5.74) is 14.2. The van der Waals surface area contributed by atoms with Gasteiger partial charge < -0.3 is 60.0 Å². The number of phosphoric ester groups is 1. The molecule has 8 rings (SSSR count). The van der Waals surface area contributed by atoms with E-state index in [4.69, 9.17) is 57.8 Å². The molecule has 3 aliphatic heterocycles. The summed E-state index contributed by atoms with van der Waals surface area (Å²) >= 11 is 0.587. The van der Waals surface area contributed by atoms with E-state index in [1.54, 1.807) is 26.0 Å². The molecular formula is C46H61F2N15O17P2S. The molecule has 0 saturated carbocycles. The maximum absolute atomic E-state index is 16.9. The number of azide groups is 1. The zero-order valence-corrected chi connectivity index (χ0v) is 47.4. The number of ether oxygens (including phenoxy) is 6. The summed E-state index contributed by atoms with van der Waals surface area (Å²) in [5, 5.41) is 11.4. The van der Waals surface area contributed by atoms with Crippen LogP contribution >= 0.6 is 26.0 Å². The second kappa shape index (κ2) is 29.1. The number of halogens is 2. The van der Waals surface area contributed by atoms with Crippen LogP contribution in [0.3, 0.4) is 0 Å². The molecule has 0 aliphatic carbocycles. The molecule has 0 bridgehead atoms. The molecule has 1 aromatic carbocycles. The van der Waals surface area contributed by atoms with Gasteiger partial charge in [0.25, 0.3) is 5.56 Å². The number of aromatic amines is 1. The third-order valence-electron chi connectivity index (χ3n) is 12.8. The van der Waals surface area contributed by atoms with Crippen molar-refractivity contribution in [3.05, 3.63) is 75.9 Å². The number of anilines is 2. The number of imidazole rings is 2. The quantitative estimate of drug-likeness (QED) is 0.0152. The predicted molar refractivity (Wildman–Crippen MR) is 287 cm³/mol. The lowest BCUT2D eigenvalue weighted by atomic mass is 10.0. The number of amides is 3. The number of nitrogen functional groups attached to an aromatic ring is 1. The Morgan fingerprint density at radius 1 is 0.831 bits per heavy atom. The normalized spacial score (nSPS) is 26.3. The number of nitrogens with zero attached hydrogens (tertiary/aromatic N) is 10. The fourth-order valence-electron chi connectivity index (χ4n) is 8.54. The van der Waals surface area contributed by atoms with Crippen LogP contribution in [0.2, 0.25) is 0 Å². The Balaban J connectivity index is 0.867. The minimum Gasteiger partial charge on any atom is -0.382 e. The number of nitrogens with one attached hydrogen (secondary N) is 4. The van der Waals surface area contributed by atoms with Crippen molar-refractivity contribution in [2.75, 3.05) is 83.7 Å². The molecule has 37 heteroatoms. The van der Waals surface area contributed by atoms with Crippen molar-refractivity contribution in [2.24, 2.45) is 11.0 Å². The summed E-state index contributed by atoms with van der Waals surface area (Å²) in [6, 6.07) is 4.13. The van der Waals surface area contributed by atoms with Crippen LogP contribution in [-0.2, 0) is 75.8 Å². The number of H-pyrrole nitrogens is 1. The van der Waals surface area contributed by atoms with E-state index in [2.05, 4.69) is 55.9 Å². The third kappa shape index (κ3) is 16.4. The predicted octanol–water partition coefficient (Wildman–Crippen LogP) is 3.32. The van der Waals surface area contributed by atoms with Crippen LogP contribution in [0, 0.1) is 5.92 Å². The highest BCUT2D eigenvalue weighted by Gasteiger charge is 2.55. The summed E-state index contributed by atoms with van der Waals surface area (Å²) in [4.78, 5) is 88.1. The number of benzene rings is 1. The molecule has 7 N–H and O–H groups in total. The second-order valence-corrected chi connectivity index (χ2v) is 24.4. The molecule has 0 radical (unpaired) electrons. The van der Waals surface area contributed by atoms with E-state index in [-0.39, 0.29) is 72.6 Å². The number of alkyl halides is 2. The van der Waals surface area contributed by atoms with Crippen LogP contribution in [-0.4, -0.2) is 183 Å². The van der Waals surface area contributed by atoms with Crippen LogP contribution in [0.4, 0.5) is 20.3 Å². The minimum absolute atomic E-state index is 0.0288. The maximum Gasteiger partial charge on any atom is 0.472 e. The van der Waals surface area contributed by atoms with Gasteiger partial charge in [0.2, 0.25) is 17.7 Å². The Bertz CT molecular complexity index is 3240. The molecule has 3 fully saturated rings. The number of carbonyl (C=O) groups is 3. The van der Waals surface area contributed by atoms with E-state index in [0.717, 1.165) is 34.4 Å². The standard InChI is InChI=1S/C46H61F2N15O17P2S/c1-25(2)34(60-31(64)8-10-71-12-14-73-16-17-74-15-13-72-11-9-57-61-50)44(67)58-26(3)42(65)59-28-6-4-27(5-7-28)20-83-82(70)76-19-30-37(32(47)45(78-30)62-23-55-35-39(49)51-21-52-40(35)62)79-81(68,69)75-18-29-38(80-82)33(48)46(77-29)63-24-56-36-41(63)53-22-54-43(36)66/h4-7,21-26,29-30,32-34,37-38,45-46H,8-20H2,1-3H3,(H,58,67)(H,59,65)(H,60,64)(H,68,69)(H2,49,51,52)(H,53,54,66)/t26-,29+,30+,32+,33+,34+,37+,38+,45+,46+,82?/m1/s1. The fraction of sp³-hybridized carbons (Fsp3) is 0.587. The minimum atomic E-state index is -5.26. The van der Waals surface area contributed by atoms with Crippen LogP contribution < -0.4 is 27.2 Å². The van der Waals surface area contributed by atoms with Crippen molar-refractivity contribution in [3.8, 4) is 0 Å². The summed E-state index contributed by atoms with van der Waals surface area (Å²) in [6.07, 6.45) is -10.5. The topological polar surface area (TPSA) is 416 Å². The number of fused-ring (bicyclic) bond motifs is 4. The molecule has 452 valence electrons. The first-order valence-electron chi connectivity index (χ1n) is 25.8. The lowest BCUT2D eigenvalue weighted by Crippen LogP contribution is -2.53. The van der Waals surface area contributed by atoms with Gasteiger partial charge in [0.15, 0.2) is 47.4 Å². The highest BCUT2D eigenvalue weighted by molar-refractivity contribution is 8.54. The van der Waals surface area contributed by atoms with Gasteiger partial charge in [0, 0.05) is 29.3 Å². The summed E-state index contributed by atoms with van der Waals surface area (Å²) < 4.78 is 121. The molecular weight excluding hydrogens is 1170 g/mol. The lowest BCUT2D eigenvalue weighted by Gasteiger charge is -2.29. The van der Waals surface area contributed by atoms with Gasteiger partial charge in [0.1, 0.15) is 48.3 Å². The van der Waals surface area contributed by atoms with E-state index in [1.807, 2.05) is 0 Å². The summed E-state index contributed by atoms with van der Waals surface area (Å²) in [5.74, 6) is -2.18. The van der Waals surface area contributed by atoms with Gasteiger partial charge in [-0.1, -0.05) is 31.1 Å². The Morgan fingerprint density at radius 3 is 2.06 bits per heavy atom. The number of nitrogens with two attached hydrogens (primary N) is 1. The van der Waals surface area contributed by atoms with Gasteiger partial charge in [-0.2, -0.15) is 0 Å². The number of phosphoric acid groups is 1. The molecule has 3 saturated heterocycles. The Kier molecular flexibility index (Phi) is 22.1. The molecule has 0 spiro atoms. The molecule has 7 heterocycles. The van der Waals surface area contributed by atoms with Gasteiger partial charge in [-0.05, 0) is 47.5 Å².